The molecule has 2 rings (SSSR count). The average molecular weight is 245 g/mol. The lowest BCUT2D eigenvalue weighted by molar-refractivity contribution is 0.318. The van der Waals surface area contributed by atoms with Gasteiger partial charge in [0.2, 0.25) is 0 Å². The Labute approximate surface area is 112 Å². The second kappa shape index (κ2) is 6.94. The summed E-state index contributed by atoms with van der Waals surface area (Å²) in [6.07, 6.45) is 9.26. The molecule has 2 unspecified atom stereocenters. The highest BCUT2D eigenvalue weighted by Gasteiger charge is 2.22. The van der Waals surface area contributed by atoms with Crippen molar-refractivity contribution >= 4 is 0 Å². The molecule has 0 heterocycles. The van der Waals surface area contributed by atoms with E-state index in [1.165, 1.54) is 49.7 Å². The standard InChI is InChI=1S/C17H27N/c1-2-14-8-10-15(11-9-14)12-16-6-4-3-5-7-17(16)13-18/h8-11,16-17H,2-7,12-13,18H2,1H3. The van der Waals surface area contributed by atoms with Gasteiger partial charge in [-0.15, -0.1) is 0 Å². The summed E-state index contributed by atoms with van der Waals surface area (Å²) < 4.78 is 0. The molecule has 1 saturated carbocycles. The van der Waals surface area contributed by atoms with Gasteiger partial charge in [0, 0.05) is 0 Å². The van der Waals surface area contributed by atoms with Crippen molar-refractivity contribution in [1.82, 2.24) is 0 Å². The Bertz CT molecular complexity index is 341. The number of benzene rings is 1. The molecule has 1 heteroatoms. The SMILES string of the molecule is CCc1ccc(CC2CCCCCC2CN)cc1. The molecule has 0 bridgehead atoms. The van der Waals surface area contributed by atoms with Crippen molar-refractivity contribution in [2.75, 3.05) is 6.54 Å². The summed E-state index contributed by atoms with van der Waals surface area (Å²) in [6, 6.07) is 9.20. The van der Waals surface area contributed by atoms with E-state index < -0.39 is 0 Å². The first-order valence-electron chi connectivity index (χ1n) is 7.61. The smallest absolute Gasteiger partial charge is 0.00461 e. The van der Waals surface area contributed by atoms with Gasteiger partial charge in [-0.1, -0.05) is 50.5 Å². The molecule has 0 amide bonds. The van der Waals surface area contributed by atoms with Crippen molar-refractivity contribution in [3.05, 3.63) is 35.4 Å². The van der Waals surface area contributed by atoms with Crippen molar-refractivity contribution in [3.63, 3.8) is 0 Å². The maximum atomic E-state index is 5.96. The summed E-state index contributed by atoms with van der Waals surface area (Å²) in [5.41, 5.74) is 8.90. The summed E-state index contributed by atoms with van der Waals surface area (Å²) in [5, 5.41) is 0. The van der Waals surface area contributed by atoms with Crippen LogP contribution >= 0.6 is 0 Å². The molecule has 2 atom stereocenters. The average Bonchev–Trinajstić information content (AvgIpc) is 2.64. The first-order valence-corrected chi connectivity index (χ1v) is 7.61. The maximum Gasteiger partial charge on any atom is -0.00461 e. The van der Waals surface area contributed by atoms with Crippen LogP contribution in [0, 0.1) is 11.8 Å². The topological polar surface area (TPSA) is 26.0 Å². The fourth-order valence-corrected chi connectivity index (χ4v) is 3.25. The van der Waals surface area contributed by atoms with Crippen molar-refractivity contribution in [3.8, 4) is 0 Å². The van der Waals surface area contributed by atoms with Gasteiger partial charge in [0.15, 0.2) is 0 Å². The fourth-order valence-electron chi connectivity index (χ4n) is 3.25. The van der Waals surface area contributed by atoms with Crippen LogP contribution in [-0.2, 0) is 12.8 Å². The van der Waals surface area contributed by atoms with Gasteiger partial charge >= 0.3 is 0 Å². The molecule has 0 radical (unpaired) electrons. The lowest BCUT2D eigenvalue weighted by Gasteiger charge is -2.24. The zero-order chi connectivity index (χ0) is 12.8. The molecule has 1 fully saturated rings. The van der Waals surface area contributed by atoms with E-state index >= 15 is 0 Å². The predicted octanol–water partition coefficient (Wildman–Crippen LogP) is 3.95. The third-order valence-electron chi connectivity index (χ3n) is 4.55. The van der Waals surface area contributed by atoms with Crippen LogP contribution in [0.1, 0.15) is 50.2 Å². The Kier molecular flexibility index (Phi) is 5.25. The van der Waals surface area contributed by atoms with Crippen LogP contribution in [0.15, 0.2) is 24.3 Å². The number of hydrogen-bond donors (Lipinski definition) is 1. The summed E-state index contributed by atoms with van der Waals surface area (Å²) >= 11 is 0. The summed E-state index contributed by atoms with van der Waals surface area (Å²) in [4.78, 5) is 0. The lowest BCUT2D eigenvalue weighted by atomic mass is 9.83. The summed E-state index contributed by atoms with van der Waals surface area (Å²) in [6.45, 7) is 3.09. The van der Waals surface area contributed by atoms with Gasteiger partial charge in [0.25, 0.3) is 0 Å². The largest absolute Gasteiger partial charge is 0.330 e. The molecule has 1 aliphatic rings. The molecule has 2 N–H and O–H groups in total. The monoisotopic (exact) mass is 245 g/mol. The molecular formula is C17H27N. The van der Waals surface area contributed by atoms with E-state index in [1.807, 2.05) is 0 Å². The van der Waals surface area contributed by atoms with Gasteiger partial charge in [0.1, 0.15) is 0 Å². The van der Waals surface area contributed by atoms with Crippen LogP contribution in [0.25, 0.3) is 0 Å². The highest BCUT2D eigenvalue weighted by molar-refractivity contribution is 5.23. The van der Waals surface area contributed by atoms with Gasteiger partial charge in [0.05, 0.1) is 0 Å². The second-order valence-corrected chi connectivity index (χ2v) is 5.77. The minimum absolute atomic E-state index is 0.748. The Balaban J connectivity index is 2.00. The van der Waals surface area contributed by atoms with E-state index in [2.05, 4.69) is 31.2 Å². The van der Waals surface area contributed by atoms with Crippen LogP contribution < -0.4 is 5.73 Å². The van der Waals surface area contributed by atoms with Crippen LogP contribution in [0.4, 0.5) is 0 Å². The summed E-state index contributed by atoms with van der Waals surface area (Å²) in [5.74, 6) is 1.56. The first kappa shape index (κ1) is 13.6. The Morgan fingerprint density at radius 3 is 2.17 bits per heavy atom. The molecule has 100 valence electrons. The van der Waals surface area contributed by atoms with Crippen LogP contribution in [0.2, 0.25) is 0 Å². The number of nitrogens with two attached hydrogens (primary N) is 1. The van der Waals surface area contributed by atoms with E-state index in [0.717, 1.165) is 24.8 Å². The second-order valence-electron chi connectivity index (χ2n) is 5.77. The number of hydrogen-bond acceptors (Lipinski definition) is 1. The predicted molar refractivity (Wildman–Crippen MR) is 78.6 cm³/mol. The van der Waals surface area contributed by atoms with Crippen LogP contribution in [0.3, 0.4) is 0 Å². The number of aryl methyl sites for hydroxylation is 1. The van der Waals surface area contributed by atoms with Gasteiger partial charge in [-0.2, -0.15) is 0 Å². The molecule has 0 saturated heterocycles. The minimum atomic E-state index is 0.748. The van der Waals surface area contributed by atoms with Crippen molar-refractivity contribution in [1.29, 1.82) is 0 Å². The molecule has 0 aliphatic heterocycles. The maximum absolute atomic E-state index is 5.96. The van der Waals surface area contributed by atoms with E-state index in [-0.39, 0.29) is 0 Å². The molecule has 1 aromatic carbocycles. The Morgan fingerprint density at radius 2 is 1.56 bits per heavy atom. The van der Waals surface area contributed by atoms with Gasteiger partial charge in [-0.25, -0.2) is 0 Å². The van der Waals surface area contributed by atoms with Gasteiger partial charge in [-0.05, 0) is 55.2 Å². The van der Waals surface area contributed by atoms with E-state index in [0.29, 0.717) is 0 Å². The molecule has 18 heavy (non-hydrogen) atoms. The van der Waals surface area contributed by atoms with Crippen LogP contribution in [0.5, 0.6) is 0 Å². The molecule has 1 aliphatic carbocycles. The molecule has 1 nitrogen and oxygen atoms in total. The van der Waals surface area contributed by atoms with Crippen molar-refractivity contribution in [2.45, 2.75) is 51.9 Å². The van der Waals surface area contributed by atoms with Crippen LogP contribution in [-0.4, -0.2) is 6.54 Å². The Morgan fingerprint density at radius 1 is 0.944 bits per heavy atom. The third-order valence-corrected chi connectivity index (χ3v) is 4.55. The zero-order valence-corrected chi connectivity index (χ0v) is 11.7. The quantitative estimate of drug-likeness (QED) is 0.799. The van der Waals surface area contributed by atoms with Gasteiger partial charge in [-0.3, -0.25) is 0 Å². The van der Waals surface area contributed by atoms with Gasteiger partial charge < -0.3 is 5.73 Å². The van der Waals surface area contributed by atoms with Crippen molar-refractivity contribution in [2.24, 2.45) is 17.6 Å². The summed E-state index contributed by atoms with van der Waals surface area (Å²) in [7, 11) is 0. The first-order chi connectivity index (χ1) is 8.83. The van der Waals surface area contributed by atoms with E-state index in [4.69, 9.17) is 5.73 Å². The highest BCUT2D eigenvalue weighted by atomic mass is 14.6. The fraction of sp³-hybridized carbons (Fsp3) is 0.647. The third kappa shape index (κ3) is 3.58. The molecule has 1 aromatic rings. The van der Waals surface area contributed by atoms with E-state index in [9.17, 15) is 0 Å². The minimum Gasteiger partial charge on any atom is -0.330 e. The normalized spacial score (nSPS) is 24.8. The number of rotatable bonds is 4. The Hall–Kier alpha value is -0.820. The molecule has 0 aromatic heterocycles. The lowest BCUT2D eigenvalue weighted by Crippen LogP contribution is -2.24. The zero-order valence-electron chi connectivity index (χ0n) is 11.7. The van der Waals surface area contributed by atoms with Crippen molar-refractivity contribution < 1.29 is 0 Å². The molecular weight excluding hydrogens is 218 g/mol. The molecule has 0 spiro atoms. The highest BCUT2D eigenvalue weighted by Crippen LogP contribution is 2.30. The van der Waals surface area contributed by atoms with E-state index in [1.54, 1.807) is 0 Å².